The van der Waals surface area contributed by atoms with Crippen molar-refractivity contribution in [1.82, 2.24) is 0 Å². The Balaban J connectivity index is 1.44. The van der Waals surface area contributed by atoms with E-state index in [1.54, 1.807) is 21.0 Å². The first-order valence-corrected chi connectivity index (χ1v) is 15.6. The molecule has 4 aliphatic carbocycles. The number of aliphatic hydroxyl groups excluding tert-OH is 2. The zero-order valence-corrected chi connectivity index (χ0v) is 26.2. The van der Waals surface area contributed by atoms with Crippen LogP contribution >= 0.6 is 0 Å². The van der Waals surface area contributed by atoms with Gasteiger partial charge in [0.25, 0.3) is 0 Å². The first-order valence-electron chi connectivity index (χ1n) is 15.6. The predicted octanol–water partition coefficient (Wildman–Crippen LogP) is 5.00. The maximum Gasteiger partial charge on any atom is 0.302 e. The summed E-state index contributed by atoms with van der Waals surface area (Å²) in [6.45, 7) is 16.4. The summed E-state index contributed by atoms with van der Waals surface area (Å²) in [6.07, 6.45) is 6.11. The molecular formula is C33H54O7. The lowest BCUT2D eigenvalue weighted by Gasteiger charge is -2.68. The van der Waals surface area contributed by atoms with Crippen molar-refractivity contribution in [2.75, 3.05) is 7.11 Å². The smallest absolute Gasteiger partial charge is 0.302 e. The molecule has 4 fully saturated rings. The molecule has 1 saturated heterocycles. The van der Waals surface area contributed by atoms with Gasteiger partial charge in [-0.25, -0.2) is 0 Å². The Hall–Kier alpha value is -0.990. The first-order chi connectivity index (χ1) is 18.4. The van der Waals surface area contributed by atoms with Crippen LogP contribution < -0.4 is 0 Å². The van der Waals surface area contributed by atoms with Crippen LogP contribution in [0.1, 0.15) is 100 Å². The van der Waals surface area contributed by atoms with Crippen molar-refractivity contribution in [3.8, 4) is 0 Å². The standard InChI is InChI=1S/C33H54O7/c1-18(34)39-26-13-15-32(7)23-12-14-31(6)20(19-16-21(40-28(19)38-9)27(36)30(4,5)37)10-11-22(31)33(23,8)25(35)17-24(32)29(26,2)3/h11,19-21,23-28,35-37H,10,12-17H2,1-9H3/t19-,20+,21+,23+,24-,25+,26+,27-,28+,31-,32+,33-/m0/s1. The SMILES string of the molecule is CO[C@@H]1O[C@@H]([C@H](O)C(C)(C)O)C[C@H]1[C@H]1CC=C2[C@]3(C)[C@H](O)C[C@H]4C(C)(C)[C@H](OC(C)=O)CC[C@]4(C)[C@H]3CC[C@]21C. The summed E-state index contributed by atoms with van der Waals surface area (Å²) in [4.78, 5) is 11.9. The van der Waals surface area contributed by atoms with Gasteiger partial charge in [0.2, 0.25) is 0 Å². The highest BCUT2D eigenvalue weighted by Crippen LogP contribution is 2.73. The van der Waals surface area contributed by atoms with E-state index in [-0.39, 0.29) is 51.5 Å². The van der Waals surface area contributed by atoms with Gasteiger partial charge in [-0.2, -0.15) is 0 Å². The number of esters is 1. The molecule has 0 aromatic carbocycles. The van der Waals surface area contributed by atoms with E-state index in [4.69, 9.17) is 14.2 Å². The third-order valence-corrected chi connectivity index (χ3v) is 13.0. The zero-order valence-electron chi connectivity index (χ0n) is 26.2. The highest BCUT2D eigenvalue weighted by atomic mass is 16.7. The molecule has 0 aromatic rings. The van der Waals surface area contributed by atoms with Crippen LogP contribution in [0.25, 0.3) is 0 Å². The van der Waals surface area contributed by atoms with Crippen molar-refractivity contribution in [3.63, 3.8) is 0 Å². The molecule has 12 atom stereocenters. The van der Waals surface area contributed by atoms with Gasteiger partial charge in [-0.1, -0.05) is 46.3 Å². The number of fused-ring (bicyclic) bond motifs is 5. The van der Waals surface area contributed by atoms with Crippen LogP contribution in [0.4, 0.5) is 0 Å². The van der Waals surface area contributed by atoms with Crippen molar-refractivity contribution >= 4 is 5.97 Å². The Bertz CT molecular complexity index is 1030. The van der Waals surface area contributed by atoms with Gasteiger partial charge < -0.3 is 29.5 Å². The summed E-state index contributed by atoms with van der Waals surface area (Å²) in [5.74, 6) is 0.748. The predicted molar refractivity (Wildman–Crippen MR) is 152 cm³/mol. The van der Waals surface area contributed by atoms with Crippen molar-refractivity contribution in [2.45, 2.75) is 137 Å². The Kier molecular flexibility index (Phi) is 7.44. The van der Waals surface area contributed by atoms with Crippen molar-refractivity contribution in [1.29, 1.82) is 0 Å². The maximum absolute atomic E-state index is 12.1. The summed E-state index contributed by atoms with van der Waals surface area (Å²) in [5, 5.41) is 33.4. The van der Waals surface area contributed by atoms with Gasteiger partial charge in [-0.05, 0) is 87.4 Å². The largest absolute Gasteiger partial charge is 0.462 e. The van der Waals surface area contributed by atoms with E-state index in [1.165, 1.54) is 12.5 Å². The molecule has 7 nitrogen and oxygen atoms in total. The van der Waals surface area contributed by atoms with Crippen LogP contribution in [0.15, 0.2) is 11.6 Å². The molecule has 5 aliphatic rings. The second kappa shape index (κ2) is 9.77. The van der Waals surface area contributed by atoms with Crippen molar-refractivity contribution in [2.24, 2.45) is 45.3 Å². The van der Waals surface area contributed by atoms with Crippen LogP contribution in [-0.2, 0) is 19.0 Å². The van der Waals surface area contributed by atoms with Crippen LogP contribution in [0.3, 0.4) is 0 Å². The number of rotatable bonds is 5. The second-order valence-corrected chi connectivity index (χ2v) is 15.8. The molecule has 0 spiro atoms. The molecule has 228 valence electrons. The third kappa shape index (κ3) is 4.27. The molecule has 1 heterocycles. The van der Waals surface area contributed by atoms with Crippen LogP contribution in [-0.4, -0.2) is 64.7 Å². The number of ether oxygens (including phenoxy) is 3. The summed E-state index contributed by atoms with van der Waals surface area (Å²) in [7, 11) is 1.67. The molecule has 0 unspecified atom stereocenters. The van der Waals surface area contributed by atoms with Gasteiger partial charge in [0.05, 0.1) is 17.8 Å². The first kappa shape index (κ1) is 30.5. The molecule has 5 rings (SSSR count). The fourth-order valence-electron chi connectivity index (χ4n) is 11.0. The van der Waals surface area contributed by atoms with Gasteiger partial charge in [-0.15, -0.1) is 0 Å². The zero-order chi connectivity index (χ0) is 29.6. The fourth-order valence-corrected chi connectivity index (χ4v) is 11.0. The molecule has 3 N–H and O–H groups in total. The van der Waals surface area contributed by atoms with Crippen molar-refractivity contribution < 1.29 is 34.3 Å². The number of hydrogen-bond donors (Lipinski definition) is 3. The minimum absolute atomic E-state index is 0.0435. The van der Waals surface area contributed by atoms with E-state index in [1.807, 2.05) is 0 Å². The molecule has 0 bridgehead atoms. The molecule has 0 radical (unpaired) electrons. The highest BCUT2D eigenvalue weighted by Gasteiger charge is 2.69. The summed E-state index contributed by atoms with van der Waals surface area (Å²) in [6, 6.07) is 0. The quantitative estimate of drug-likeness (QED) is 0.320. The van der Waals surface area contributed by atoms with Gasteiger partial charge in [0.1, 0.15) is 12.2 Å². The average molecular weight is 563 g/mol. The minimum Gasteiger partial charge on any atom is -0.462 e. The van der Waals surface area contributed by atoms with Gasteiger partial charge in [0, 0.05) is 30.8 Å². The molecule has 7 heteroatoms. The van der Waals surface area contributed by atoms with Crippen molar-refractivity contribution in [3.05, 3.63) is 11.6 Å². The molecule has 0 aromatic heterocycles. The van der Waals surface area contributed by atoms with Gasteiger partial charge in [0.15, 0.2) is 6.29 Å². The third-order valence-electron chi connectivity index (χ3n) is 13.0. The molecular weight excluding hydrogens is 508 g/mol. The van der Waals surface area contributed by atoms with E-state index in [0.29, 0.717) is 18.8 Å². The topological polar surface area (TPSA) is 105 Å². The Morgan fingerprint density at radius 3 is 2.38 bits per heavy atom. The molecule has 3 saturated carbocycles. The summed E-state index contributed by atoms with van der Waals surface area (Å²) >= 11 is 0. The lowest BCUT2D eigenvalue weighted by Crippen LogP contribution is -2.65. The Labute approximate surface area is 241 Å². The van der Waals surface area contributed by atoms with Crippen LogP contribution in [0, 0.1) is 45.3 Å². The second-order valence-electron chi connectivity index (χ2n) is 15.8. The number of aliphatic hydroxyl groups is 3. The number of allylic oxidation sites excluding steroid dienone is 1. The van der Waals surface area contributed by atoms with Gasteiger partial charge >= 0.3 is 5.97 Å². The molecule has 1 aliphatic heterocycles. The van der Waals surface area contributed by atoms with Gasteiger partial charge in [-0.3, -0.25) is 4.79 Å². The Morgan fingerprint density at radius 1 is 1.10 bits per heavy atom. The number of carbonyl (C=O) groups is 1. The van der Waals surface area contributed by atoms with Crippen LogP contribution in [0.5, 0.6) is 0 Å². The van der Waals surface area contributed by atoms with E-state index in [0.717, 1.165) is 32.1 Å². The van der Waals surface area contributed by atoms with Crippen LogP contribution in [0.2, 0.25) is 0 Å². The summed E-state index contributed by atoms with van der Waals surface area (Å²) in [5.41, 5.74) is -0.453. The van der Waals surface area contributed by atoms with E-state index in [9.17, 15) is 20.1 Å². The number of hydrogen-bond acceptors (Lipinski definition) is 7. The normalized spacial score (nSPS) is 49.0. The highest BCUT2D eigenvalue weighted by molar-refractivity contribution is 5.66. The summed E-state index contributed by atoms with van der Waals surface area (Å²) < 4.78 is 17.9. The molecule has 40 heavy (non-hydrogen) atoms. The number of methoxy groups -OCH3 is 1. The Morgan fingerprint density at radius 2 is 1.77 bits per heavy atom. The number of carbonyl (C=O) groups excluding carboxylic acids is 1. The van der Waals surface area contributed by atoms with E-state index >= 15 is 0 Å². The monoisotopic (exact) mass is 562 g/mol. The lowest BCUT2D eigenvalue weighted by molar-refractivity contribution is -0.221. The van der Waals surface area contributed by atoms with E-state index < -0.39 is 30.2 Å². The van der Waals surface area contributed by atoms with E-state index in [2.05, 4.69) is 40.7 Å². The lowest BCUT2D eigenvalue weighted by atomic mass is 9.37. The molecule has 0 amide bonds. The fraction of sp³-hybridized carbons (Fsp3) is 0.909. The maximum atomic E-state index is 12.1. The minimum atomic E-state index is -1.26. The average Bonchev–Trinajstić information content (AvgIpc) is 3.43.